The number of aromatic nitrogens is 2. The maximum absolute atomic E-state index is 14.0. The molecule has 1 aliphatic rings. The van der Waals surface area contributed by atoms with Gasteiger partial charge in [0.2, 0.25) is 5.82 Å². The number of nitrogens with one attached hydrogen (secondary N) is 1. The Hall–Kier alpha value is -4.60. The molecule has 0 bridgehead atoms. The van der Waals surface area contributed by atoms with Crippen LogP contribution in [0.4, 0.5) is 23.7 Å². The van der Waals surface area contributed by atoms with Gasteiger partial charge in [-0.25, -0.2) is 18.0 Å². The number of ether oxygens (including phenoxy) is 1. The molecule has 1 unspecified atom stereocenters. The van der Waals surface area contributed by atoms with E-state index in [-0.39, 0.29) is 17.4 Å². The van der Waals surface area contributed by atoms with Crippen LogP contribution in [-0.2, 0) is 0 Å². The normalized spacial score (nSPS) is 15.8. The van der Waals surface area contributed by atoms with Crippen molar-refractivity contribution in [2.75, 3.05) is 12.0 Å². The van der Waals surface area contributed by atoms with Crippen LogP contribution in [0.2, 0.25) is 0 Å². The first-order valence-corrected chi connectivity index (χ1v) is 10.9. The number of carbonyl (C=O) groups excluding carboxylic acids is 1. The topological polar surface area (TPSA) is 80.5 Å². The number of anilines is 1. The maximum Gasteiger partial charge on any atom is 0.327 e. The fraction of sp³-hybridized carbons (Fsp3) is 0.115. The average Bonchev–Trinajstić information content (AvgIpc) is 3.36. The van der Waals surface area contributed by atoms with Crippen LogP contribution in [0, 0.1) is 17.5 Å². The van der Waals surface area contributed by atoms with Crippen LogP contribution in [0.15, 0.2) is 77.0 Å². The molecule has 1 aliphatic heterocycles. The Morgan fingerprint density at radius 1 is 0.972 bits per heavy atom. The van der Waals surface area contributed by atoms with Gasteiger partial charge in [0, 0.05) is 17.3 Å². The number of halogens is 3. The highest BCUT2D eigenvalue weighted by Crippen LogP contribution is 2.39. The summed E-state index contributed by atoms with van der Waals surface area (Å²) < 4.78 is 51.7. The van der Waals surface area contributed by atoms with Gasteiger partial charge in [0.05, 0.1) is 24.4 Å². The second kappa shape index (κ2) is 9.21. The largest absolute Gasteiger partial charge is 0.497 e. The van der Waals surface area contributed by atoms with E-state index in [1.165, 1.54) is 35.2 Å². The van der Waals surface area contributed by atoms with Crippen LogP contribution in [0.1, 0.15) is 24.4 Å². The van der Waals surface area contributed by atoms with Crippen molar-refractivity contribution in [2.45, 2.75) is 13.0 Å². The predicted octanol–water partition coefficient (Wildman–Crippen LogP) is 5.86. The number of urea groups is 1. The molecule has 3 aromatic carbocycles. The van der Waals surface area contributed by atoms with Crippen molar-refractivity contribution >= 4 is 17.3 Å². The molecular formula is C26H19F3N4O3. The van der Waals surface area contributed by atoms with E-state index in [9.17, 15) is 18.0 Å². The Balaban J connectivity index is 1.65. The zero-order valence-corrected chi connectivity index (χ0v) is 19.1. The third-order valence-corrected chi connectivity index (χ3v) is 5.85. The molecule has 1 aromatic heterocycles. The van der Waals surface area contributed by atoms with Crippen LogP contribution in [0.25, 0.3) is 17.0 Å². The molecule has 1 N–H and O–H groups in total. The monoisotopic (exact) mass is 492 g/mol. The molecule has 0 saturated carbocycles. The van der Waals surface area contributed by atoms with Crippen LogP contribution >= 0.6 is 0 Å². The first-order valence-electron chi connectivity index (χ1n) is 10.9. The minimum Gasteiger partial charge on any atom is -0.497 e. The second-order valence-corrected chi connectivity index (χ2v) is 8.02. The van der Waals surface area contributed by atoms with E-state index in [1.807, 2.05) is 0 Å². The Morgan fingerprint density at radius 3 is 2.36 bits per heavy atom. The third-order valence-electron chi connectivity index (χ3n) is 5.85. The second-order valence-electron chi connectivity index (χ2n) is 8.02. The summed E-state index contributed by atoms with van der Waals surface area (Å²) in [7, 11) is 1.54. The van der Waals surface area contributed by atoms with Gasteiger partial charge in [0.25, 0.3) is 5.89 Å². The van der Waals surface area contributed by atoms with Crippen LogP contribution in [-0.4, -0.2) is 23.3 Å². The summed E-state index contributed by atoms with van der Waals surface area (Å²) in [5.41, 5.74) is 2.17. The molecule has 2 amide bonds. The lowest BCUT2D eigenvalue weighted by molar-refractivity contribution is 0.244. The molecule has 0 fully saturated rings. The number of hydrogen-bond donors (Lipinski definition) is 1. The molecule has 4 aromatic rings. The van der Waals surface area contributed by atoms with Crippen molar-refractivity contribution in [3.63, 3.8) is 0 Å². The van der Waals surface area contributed by atoms with Crippen LogP contribution in [0.5, 0.6) is 5.75 Å². The third kappa shape index (κ3) is 4.17. The number of carbonyl (C=O) groups is 1. The lowest BCUT2D eigenvalue weighted by atomic mass is 9.94. The lowest BCUT2D eigenvalue weighted by Gasteiger charge is -2.35. The highest BCUT2D eigenvalue weighted by atomic mass is 19.2. The van der Waals surface area contributed by atoms with Gasteiger partial charge in [-0.15, -0.1) is 0 Å². The van der Waals surface area contributed by atoms with E-state index in [1.54, 1.807) is 38.3 Å². The van der Waals surface area contributed by atoms with Gasteiger partial charge < -0.3 is 14.6 Å². The van der Waals surface area contributed by atoms with Gasteiger partial charge in [0.15, 0.2) is 11.6 Å². The number of nitrogens with zero attached hydrogens (tertiary/aromatic N) is 3. The molecule has 5 rings (SSSR count). The number of rotatable bonds is 5. The SMILES string of the molecule is COc1ccc(C2NC(=O)N(c3ccc(F)c(F)c3)C(C)=C2c2nc(-c3ccc(F)cc3)no2)cc1. The molecule has 10 heteroatoms. The quantitative estimate of drug-likeness (QED) is 0.377. The van der Waals surface area contributed by atoms with E-state index in [2.05, 4.69) is 15.5 Å². The Morgan fingerprint density at radius 2 is 1.69 bits per heavy atom. The van der Waals surface area contributed by atoms with Gasteiger partial charge in [0.1, 0.15) is 11.6 Å². The molecule has 2 heterocycles. The highest BCUT2D eigenvalue weighted by Gasteiger charge is 2.36. The van der Waals surface area contributed by atoms with Gasteiger partial charge in [-0.2, -0.15) is 4.98 Å². The fourth-order valence-corrected chi connectivity index (χ4v) is 4.05. The molecule has 36 heavy (non-hydrogen) atoms. The highest BCUT2D eigenvalue weighted by molar-refractivity contribution is 6.01. The standard InChI is InChI=1S/C26H19F3N4O3/c1-14-22(25-31-24(32-36-25)16-3-7-17(27)8-4-16)23(15-5-10-19(35-2)11-6-15)30-26(34)33(14)18-9-12-20(28)21(29)13-18/h3-13,23H,1-2H3,(H,30,34). The minimum atomic E-state index is -1.09. The summed E-state index contributed by atoms with van der Waals surface area (Å²) in [6, 6.07) is 14.6. The molecule has 1 atom stereocenters. The Kier molecular flexibility index (Phi) is 5.93. The van der Waals surface area contributed by atoms with Gasteiger partial charge in [-0.3, -0.25) is 4.90 Å². The van der Waals surface area contributed by atoms with Crippen molar-refractivity contribution in [2.24, 2.45) is 0 Å². The molecule has 0 saturated heterocycles. The smallest absolute Gasteiger partial charge is 0.327 e. The van der Waals surface area contributed by atoms with Crippen molar-refractivity contribution in [3.05, 3.63) is 101 Å². The average molecular weight is 492 g/mol. The van der Waals surface area contributed by atoms with Crippen molar-refractivity contribution in [3.8, 4) is 17.1 Å². The molecule has 0 spiro atoms. The molecular weight excluding hydrogens is 473 g/mol. The predicted molar refractivity (Wildman–Crippen MR) is 125 cm³/mol. The van der Waals surface area contributed by atoms with Crippen molar-refractivity contribution < 1.29 is 27.2 Å². The molecule has 0 radical (unpaired) electrons. The van der Waals surface area contributed by atoms with Crippen LogP contribution in [0.3, 0.4) is 0 Å². The zero-order chi connectivity index (χ0) is 25.4. The Bertz CT molecular complexity index is 1470. The van der Waals surface area contributed by atoms with Gasteiger partial charge in [-0.1, -0.05) is 17.3 Å². The number of allylic oxidation sites excluding steroid dienone is 1. The van der Waals surface area contributed by atoms with E-state index in [0.29, 0.717) is 28.1 Å². The fourth-order valence-electron chi connectivity index (χ4n) is 4.05. The van der Waals surface area contributed by atoms with E-state index in [4.69, 9.17) is 9.26 Å². The molecule has 182 valence electrons. The number of methoxy groups -OCH3 is 1. The molecule has 0 aliphatic carbocycles. The first kappa shape index (κ1) is 23.2. The minimum absolute atomic E-state index is 0.0974. The first-order chi connectivity index (χ1) is 17.4. The van der Waals surface area contributed by atoms with Crippen LogP contribution < -0.4 is 15.0 Å². The maximum atomic E-state index is 14.0. The summed E-state index contributed by atoms with van der Waals surface area (Å²) in [6.07, 6.45) is 0. The van der Waals surface area contributed by atoms with E-state index < -0.39 is 29.5 Å². The number of hydrogen-bond acceptors (Lipinski definition) is 5. The Labute approximate surface area is 203 Å². The van der Waals surface area contributed by atoms with Crippen molar-refractivity contribution in [1.29, 1.82) is 0 Å². The van der Waals surface area contributed by atoms with E-state index in [0.717, 1.165) is 12.1 Å². The summed E-state index contributed by atoms with van der Waals surface area (Å²) in [4.78, 5) is 18.9. The van der Waals surface area contributed by atoms with Gasteiger partial charge in [-0.05, 0) is 61.0 Å². The van der Waals surface area contributed by atoms with Crippen molar-refractivity contribution in [1.82, 2.24) is 15.5 Å². The van der Waals surface area contributed by atoms with E-state index >= 15 is 0 Å². The number of amides is 2. The summed E-state index contributed by atoms with van der Waals surface area (Å²) in [5, 5.41) is 6.90. The zero-order valence-electron chi connectivity index (χ0n) is 19.1. The molecule has 7 nitrogen and oxygen atoms in total. The summed E-state index contributed by atoms with van der Waals surface area (Å²) >= 11 is 0. The lowest BCUT2D eigenvalue weighted by Crippen LogP contribution is -2.46. The summed E-state index contributed by atoms with van der Waals surface area (Å²) in [5.74, 6) is -1.59. The number of benzene rings is 3. The van der Waals surface area contributed by atoms with Gasteiger partial charge >= 0.3 is 6.03 Å². The summed E-state index contributed by atoms with van der Waals surface area (Å²) in [6.45, 7) is 1.65.